The molecule has 0 aliphatic rings. The van der Waals surface area contributed by atoms with Gasteiger partial charge < -0.3 is 14.9 Å². The molecule has 0 radical (unpaired) electrons. The minimum absolute atomic E-state index is 0.281. The Hall–Kier alpha value is -2.35. The van der Waals surface area contributed by atoms with Crippen LogP contribution in [0.15, 0.2) is 47.9 Å². The van der Waals surface area contributed by atoms with Crippen LogP contribution in [0.4, 0.5) is 0 Å². The van der Waals surface area contributed by atoms with E-state index in [4.69, 9.17) is 4.74 Å². The smallest absolute Gasteiger partial charge is 0.309 e. The summed E-state index contributed by atoms with van der Waals surface area (Å²) in [6.07, 6.45) is 5.44. The van der Waals surface area contributed by atoms with Crippen molar-refractivity contribution in [3.63, 3.8) is 0 Å². The molecule has 0 fully saturated rings. The number of hydrogen-bond acceptors (Lipinski definition) is 7. The van der Waals surface area contributed by atoms with Gasteiger partial charge in [-0.25, -0.2) is 4.98 Å². The quantitative estimate of drug-likeness (QED) is 0.224. The van der Waals surface area contributed by atoms with Crippen LogP contribution < -0.4 is 0 Å². The Balaban J connectivity index is 3.01. The van der Waals surface area contributed by atoms with Gasteiger partial charge in [-0.2, -0.15) is 0 Å². The van der Waals surface area contributed by atoms with Crippen molar-refractivity contribution in [3.8, 4) is 0 Å². The Labute approximate surface area is 220 Å². The van der Waals surface area contributed by atoms with Gasteiger partial charge >= 0.3 is 5.97 Å². The molecule has 5 atom stereocenters. The number of ketones is 1. The highest BCUT2D eigenvalue weighted by atomic mass is 32.1. The van der Waals surface area contributed by atoms with Gasteiger partial charge in [0.1, 0.15) is 11.9 Å². The van der Waals surface area contributed by atoms with Crippen molar-refractivity contribution in [2.24, 2.45) is 17.3 Å². The second-order valence-electron chi connectivity index (χ2n) is 10.1. The molecule has 0 spiro atoms. The van der Waals surface area contributed by atoms with E-state index >= 15 is 0 Å². The number of carbonyl (C=O) groups excluding carboxylic acids is 2. The fraction of sp³-hybridized carbons (Fsp3) is 0.552. The first-order valence-corrected chi connectivity index (χ1v) is 13.2. The molecule has 0 aromatic carbocycles. The lowest BCUT2D eigenvalue weighted by Crippen LogP contribution is -2.45. The van der Waals surface area contributed by atoms with Gasteiger partial charge in [0.25, 0.3) is 0 Å². The molecule has 1 aromatic rings. The predicted octanol–water partition coefficient (Wildman–Crippen LogP) is 5.84. The van der Waals surface area contributed by atoms with Gasteiger partial charge in [0.2, 0.25) is 0 Å². The number of allylic oxidation sites excluding steroid dienone is 2. The molecule has 0 saturated carbocycles. The number of aliphatic hydroxyl groups is 2. The van der Waals surface area contributed by atoms with Crippen LogP contribution in [0.5, 0.6) is 0 Å². The molecular formula is C29H43NO5S. The number of nitrogens with zero attached hydrogens (tertiary/aromatic N) is 1. The summed E-state index contributed by atoms with van der Waals surface area (Å²) in [5, 5.41) is 24.2. The van der Waals surface area contributed by atoms with Gasteiger partial charge in [0.05, 0.1) is 34.7 Å². The zero-order valence-corrected chi connectivity index (χ0v) is 23.6. The molecule has 1 aromatic heterocycles. The number of thiazole rings is 1. The molecular weight excluding hydrogens is 474 g/mol. The number of ether oxygens (including phenoxy) is 1. The van der Waals surface area contributed by atoms with Crippen LogP contribution in [0, 0.1) is 24.2 Å². The third-order valence-corrected chi connectivity index (χ3v) is 7.40. The highest BCUT2D eigenvalue weighted by molar-refractivity contribution is 7.09. The number of esters is 1. The van der Waals surface area contributed by atoms with Crippen molar-refractivity contribution in [2.45, 2.75) is 86.0 Å². The normalized spacial score (nSPS) is 17.0. The van der Waals surface area contributed by atoms with Crippen LogP contribution in [0.2, 0.25) is 0 Å². The van der Waals surface area contributed by atoms with E-state index in [1.807, 2.05) is 44.4 Å². The highest BCUT2D eigenvalue weighted by Crippen LogP contribution is 2.31. The van der Waals surface area contributed by atoms with Gasteiger partial charge in [-0.1, -0.05) is 51.5 Å². The van der Waals surface area contributed by atoms with E-state index in [0.29, 0.717) is 6.42 Å². The maximum absolute atomic E-state index is 13.1. The molecule has 0 amide bonds. The van der Waals surface area contributed by atoms with Gasteiger partial charge in [0.15, 0.2) is 0 Å². The Morgan fingerprint density at radius 3 is 2.39 bits per heavy atom. The van der Waals surface area contributed by atoms with E-state index in [-0.39, 0.29) is 18.1 Å². The van der Waals surface area contributed by atoms with Crippen LogP contribution in [0.1, 0.15) is 71.5 Å². The fourth-order valence-electron chi connectivity index (χ4n) is 3.84. The Morgan fingerprint density at radius 2 is 1.86 bits per heavy atom. The Bertz CT molecular complexity index is 974. The van der Waals surface area contributed by atoms with Crippen molar-refractivity contribution in [1.29, 1.82) is 0 Å². The minimum Gasteiger partial charge on any atom is -0.457 e. The average molecular weight is 518 g/mol. The fourth-order valence-corrected chi connectivity index (χ4v) is 4.41. The minimum atomic E-state index is -1.27. The zero-order valence-electron chi connectivity index (χ0n) is 22.8. The largest absolute Gasteiger partial charge is 0.457 e. The number of carbonyl (C=O) groups is 2. The molecule has 0 saturated heterocycles. The maximum Gasteiger partial charge on any atom is 0.309 e. The summed E-state index contributed by atoms with van der Waals surface area (Å²) in [5.41, 5.74) is 1.49. The molecule has 6 nitrogen and oxygen atoms in total. The van der Waals surface area contributed by atoms with Crippen molar-refractivity contribution >= 4 is 29.2 Å². The van der Waals surface area contributed by atoms with E-state index in [1.54, 1.807) is 45.1 Å². The summed E-state index contributed by atoms with van der Waals surface area (Å²) in [5.74, 6) is -1.93. The first kappa shape index (κ1) is 31.7. The number of Topliss-reactive ketones (excluding diaryl/α,β-unsaturated/α-hetero) is 1. The molecule has 2 N–H and O–H groups in total. The summed E-state index contributed by atoms with van der Waals surface area (Å²) in [4.78, 5) is 30.4. The lowest BCUT2D eigenvalue weighted by molar-refractivity contribution is -0.154. The van der Waals surface area contributed by atoms with Gasteiger partial charge in [-0.15, -0.1) is 24.5 Å². The van der Waals surface area contributed by atoms with E-state index in [0.717, 1.165) is 28.3 Å². The Kier molecular flexibility index (Phi) is 12.7. The predicted molar refractivity (Wildman–Crippen MR) is 148 cm³/mol. The summed E-state index contributed by atoms with van der Waals surface area (Å²) >= 11 is 1.54. The third-order valence-electron chi connectivity index (χ3n) is 6.61. The number of rotatable bonds is 15. The number of aromatic nitrogens is 1. The molecule has 1 rings (SSSR count). The second kappa shape index (κ2) is 14.4. The van der Waals surface area contributed by atoms with E-state index in [2.05, 4.69) is 18.1 Å². The summed E-state index contributed by atoms with van der Waals surface area (Å²) in [6.45, 7) is 19.8. The van der Waals surface area contributed by atoms with Crippen molar-refractivity contribution in [1.82, 2.24) is 4.98 Å². The van der Waals surface area contributed by atoms with Crippen LogP contribution in [-0.2, 0) is 14.3 Å². The topological polar surface area (TPSA) is 96.7 Å². The molecule has 0 aliphatic heterocycles. The van der Waals surface area contributed by atoms with Crippen LogP contribution >= 0.6 is 11.3 Å². The van der Waals surface area contributed by atoms with Gasteiger partial charge in [-0.3, -0.25) is 9.59 Å². The van der Waals surface area contributed by atoms with Crippen molar-refractivity contribution < 1.29 is 24.5 Å². The van der Waals surface area contributed by atoms with Crippen molar-refractivity contribution in [2.75, 3.05) is 0 Å². The number of aryl methyl sites for hydroxylation is 1. The molecule has 0 aliphatic carbocycles. The third kappa shape index (κ3) is 9.26. The van der Waals surface area contributed by atoms with Crippen LogP contribution in [-0.4, -0.2) is 45.3 Å². The Morgan fingerprint density at radius 1 is 1.22 bits per heavy atom. The van der Waals surface area contributed by atoms with E-state index in [1.165, 1.54) is 0 Å². The first-order chi connectivity index (χ1) is 16.7. The molecule has 200 valence electrons. The monoisotopic (exact) mass is 517 g/mol. The molecule has 36 heavy (non-hydrogen) atoms. The summed E-state index contributed by atoms with van der Waals surface area (Å²) < 4.78 is 5.79. The van der Waals surface area contributed by atoms with Crippen LogP contribution in [0.3, 0.4) is 0 Å². The SMILES string of the molecule is C=CC/C(C)=C\C[C@H](OC(=O)C[C@H](O)C(C)(C)C(=O)[C@H](C)[C@@H](O)[C@@H](C)C=C)/C(C)=C/c1csc(C)n1. The summed E-state index contributed by atoms with van der Waals surface area (Å²) in [6, 6.07) is 0. The van der Waals surface area contributed by atoms with E-state index < -0.39 is 35.6 Å². The molecule has 7 heteroatoms. The number of aliphatic hydroxyl groups excluding tert-OH is 2. The zero-order chi connectivity index (χ0) is 27.6. The highest BCUT2D eigenvalue weighted by Gasteiger charge is 2.42. The average Bonchev–Trinajstić information content (AvgIpc) is 3.23. The lowest BCUT2D eigenvalue weighted by Gasteiger charge is -2.34. The van der Waals surface area contributed by atoms with E-state index in [9.17, 15) is 19.8 Å². The molecule has 0 bridgehead atoms. The second-order valence-corrected chi connectivity index (χ2v) is 11.2. The standard InChI is InChI=1S/C29H43NO5S/c1-10-12-18(3)13-14-24(20(5)15-23-17-36-22(7)30-23)35-26(32)16-25(31)29(8,9)28(34)21(6)27(33)19(4)11-2/h10-11,13,15,17,19,21,24-25,27,31,33H,1-2,12,14,16H2,3-9H3/b18-13-,20-15+/t19-,21+,24-,25-,27-/m0/s1. The molecule has 1 heterocycles. The van der Waals surface area contributed by atoms with Gasteiger partial charge in [-0.05, 0) is 38.8 Å². The van der Waals surface area contributed by atoms with Crippen molar-refractivity contribution in [3.05, 3.63) is 58.6 Å². The summed E-state index contributed by atoms with van der Waals surface area (Å²) in [7, 11) is 0. The maximum atomic E-state index is 13.1. The van der Waals surface area contributed by atoms with Gasteiger partial charge in [0, 0.05) is 23.6 Å². The first-order valence-electron chi connectivity index (χ1n) is 12.3. The van der Waals surface area contributed by atoms with Crippen LogP contribution in [0.25, 0.3) is 6.08 Å². The number of hydrogen-bond donors (Lipinski definition) is 2. The lowest BCUT2D eigenvalue weighted by atomic mass is 9.73. The molecule has 0 unspecified atom stereocenters.